The summed E-state index contributed by atoms with van der Waals surface area (Å²) in [6.07, 6.45) is 1.06. The molecule has 0 aliphatic heterocycles. The normalized spacial score (nSPS) is 11.5. The van der Waals surface area contributed by atoms with Crippen LogP contribution in [-0.4, -0.2) is 14.2 Å². The van der Waals surface area contributed by atoms with Gasteiger partial charge in [-0.3, -0.25) is 4.79 Å². The van der Waals surface area contributed by atoms with Gasteiger partial charge in [-0.15, -0.1) is 0 Å². The van der Waals surface area contributed by atoms with E-state index in [0.717, 1.165) is 12.3 Å². The minimum atomic E-state index is -3.83. The molecule has 0 saturated heterocycles. The number of ketones is 1. The summed E-state index contributed by atoms with van der Waals surface area (Å²) < 4.78 is 25.8. The molecule has 0 aliphatic carbocycles. The van der Waals surface area contributed by atoms with Gasteiger partial charge >= 0.3 is 0 Å². The highest BCUT2D eigenvalue weighted by Crippen LogP contribution is 2.11. The smallest absolute Gasteiger partial charge is 0.271 e. The van der Waals surface area contributed by atoms with Crippen molar-refractivity contribution in [2.24, 2.45) is 5.14 Å². The molecule has 12 heavy (non-hydrogen) atoms. The molecule has 0 atom stereocenters. The second-order valence-electron chi connectivity index (χ2n) is 2.26. The number of hydrogen-bond donors (Lipinski definition) is 1. The molecule has 0 aliphatic rings. The Bertz CT molecular complexity index is 403. The summed E-state index contributed by atoms with van der Waals surface area (Å²) in [5.74, 6) is -0.270. The Hall–Kier alpha value is -1.14. The molecule has 6 heteroatoms. The summed E-state index contributed by atoms with van der Waals surface area (Å²) in [6, 6.07) is 1.09. The largest absolute Gasteiger partial charge is 0.451 e. The summed E-state index contributed by atoms with van der Waals surface area (Å²) >= 11 is 0. The molecule has 1 rings (SSSR count). The lowest BCUT2D eigenvalue weighted by molar-refractivity contribution is 0.101. The number of primary sulfonamides is 1. The van der Waals surface area contributed by atoms with Gasteiger partial charge in [-0.25, -0.2) is 13.6 Å². The molecule has 0 radical (unpaired) electrons. The van der Waals surface area contributed by atoms with E-state index in [1.165, 1.54) is 6.92 Å². The Morgan fingerprint density at radius 2 is 2.17 bits per heavy atom. The van der Waals surface area contributed by atoms with Crippen molar-refractivity contribution in [3.05, 3.63) is 17.9 Å². The van der Waals surface area contributed by atoms with Crippen molar-refractivity contribution in [2.45, 2.75) is 12.0 Å². The number of sulfonamides is 1. The van der Waals surface area contributed by atoms with Gasteiger partial charge < -0.3 is 4.42 Å². The predicted molar refractivity (Wildman–Crippen MR) is 40.1 cm³/mol. The number of rotatable bonds is 2. The standard InChI is InChI=1S/C6H7NO4S/c1-4(8)5-2-6(11-3-5)12(7,9)10/h2-3H,1H3,(H2,7,9,10). The third-order valence-electron chi connectivity index (χ3n) is 1.26. The second-order valence-corrected chi connectivity index (χ2v) is 3.75. The number of nitrogens with two attached hydrogens (primary N) is 1. The van der Waals surface area contributed by atoms with Gasteiger partial charge in [0.05, 0.1) is 5.56 Å². The van der Waals surface area contributed by atoms with E-state index in [2.05, 4.69) is 4.42 Å². The predicted octanol–water partition coefficient (Wildman–Crippen LogP) is 0.130. The van der Waals surface area contributed by atoms with Crippen molar-refractivity contribution in [3.8, 4) is 0 Å². The van der Waals surface area contributed by atoms with Gasteiger partial charge in [0.1, 0.15) is 6.26 Å². The van der Waals surface area contributed by atoms with Gasteiger partial charge in [0.25, 0.3) is 10.0 Å². The highest BCUT2D eigenvalue weighted by Gasteiger charge is 2.14. The van der Waals surface area contributed by atoms with Gasteiger partial charge in [-0.2, -0.15) is 0 Å². The molecular formula is C6H7NO4S. The maximum absolute atomic E-state index is 10.7. The first-order valence-corrected chi connectivity index (χ1v) is 4.58. The van der Waals surface area contributed by atoms with Crippen LogP contribution in [0, 0.1) is 0 Å². The van der Waals surface area contributed by atoms with E-state index < -0.39 is 15.1 Å². The van der Waals surface area contributed by atoms with Crippen molar-refractivity contribution in [1.82, 2.24) is 0 Å². The van der Waals surface area contributed by atoms with E-state index in [-0.39, 0.29) is 11.3 Å². The van der Waals surface area contributed by atoms with Crippen LogP contribution < -0.4 is 5.14 Å². The zero-order valence-corrected chi connectivity index (χ0v) is 7.09. The molecule has 5 nitrogen and oxygen atoms in total. The van der Waals surface area contributed by atoms with Crippen LogP contribution in [-0.2, 0) is 10.0 Å². The summed E-state index contributed by atoms with van der Waals surface area (Å²) in [5, 5.41) is 4.34. The quantitative estimate of drug-likeness (QED) is 0.669. The first-order chi connectivity index (χ1) is 5.41. The van der Waals surface area contributed by atoms with E-state index >= 15 is 0 Å². The van der Waals surface area contributed by atoms with Crippen LogP contribution in [0.2, 0.25) is 0 Å². The van der Waals surface area contributed by atoms with Crippen LogP contribution >= 0.6 is 0 Å². The van der Waals surface area contributed by atoms with E-state index in [4.69, 9.17) is 5.14 Å². The highest BCUT2D eigenvalue weighted by molar-refractivity contribution is 7.89. The lowest BCUT2D eigenvalue weighted by Gasteiger charge is -1.86. The third-order valence-corrected chi connectivity index (χ3v) is 2.04. The van der Waals surface area contributed by atoms with Crippen molar-refractivity contribution in [3.63, 3.8) is 0 Å². The molecule has 1 aromatic rings. The fourth-order valence-electron chi connectivity index (χ4n) is 0.650. The number of carbonyl (C=O) groups excluding carboxylic acids is 1. The summed E-state index contributed by atoms with van der Waals surface area (Å²) in [4.78, 5) is 10.7. The van der Waals surface area contributed by atoms with Gasteiger partial charge in [0.2, 0.25) is 5.09 Å². The minimum Gasteiger partial charge on any atom is -0.451 e. The lowest BCUT2D eigenvalue weighted by atomic mass is 10.2. The molecule has 0 saturated carbocycles. The number of carbonyl (C=O) groups is 1. The monoisotopic (exact) mass is 189 g/mol. The average Bonchev–Trinajstić information content (AvgIpc) is 2.30. The first-order valence-electron chi connectivity index (χ1n) is 3.03. The third kappa shape index (κ3) is 1.72. The molecule has 1 heterocycles. The van der Waals surface area contributed by atoms with Crippen molar-refractivity contribution in [1.29, 1.82) is 0 Å². The molecular weight excluding hydrogens is 182 g/mol. The van der Waals surface area contributed by atoms with Crippen LogP contribution in [0.25, 0.3) is 0 Å². The van der Waals surface area contributed by atoms with Gasteiger partial charge in [-0.1, -0.05) is 0 Å². The van der Waals surface area contributed by atoms with Gasteiger partial charge in [0, 0.05) is 6.07 Å². The molecule has 0 bridgehead atoms. The maximum Gasteiger partial charge on any atom is 0.271 e. The minimum absolute atomic E-state index is 0.194. The van der Waals surface area contributed by atoms with Crippen molar-refractivity contribution < 1.29 is 17.6 Å². The van der Waals surface area contributed by atoms with E-state index in [1.54, 1.807) is 0 Å². The Morgan fingerprint density at radius 1 is 1.58 bits per heavy atom. The number of Topliss-reactive ketones (excluding diaryl/α,β-unsaturated/α-hetero) is 1. The number of furan rings is 1. The summed E-state index contributed by atoms with van der Waals surface area (Å²) in [5.41, 5.74) is 0.194. The Balaban J connectivity index is 3.17. The van der Waals surface area contributed by atoms with Crippen LogP contribution in [0.3, 0.4) is 0 Å². The Labute approximate surface area is 69.2 Å². The second kappa shape index (κ2) is 2.72. The van der Waals surface area contributed by atoms with E-state index in [0.29, 0.717) is 0 Å². The number of hydrogen-bond acceptors (Lipinski definition) is 4. The lowest BCUT2D eigenvalue weighted by Crippen LogP contribution is -2.10. The van der Waals surface area contributed by atoms with Crippen molar-refractivity contribution in [2.75, 3.05) is 0 Å². The van der Waals surface area contributed by atoms with Gasteiger partial charge in [0.15, 0.2) is 5.78 Å². The average molecular weight is 189 g/mol. The molecule has 2 N–H and O–H groups in total. The molecule has 66 valence electrons. The zero-order chi connectivity index (χ0) is 9.35. The fraction of sp³-hybridized carbons (Fsp3) is 0.167. The molecule has 0 spiro atoms. The Morgan fingerprint density at radius 3 is 2.42 bits per heavy atom. The SMILES string of the molecule is CC(=O)c1coc(S(N)(=O)=O)c1. The highest BCUT2D eigenvalue weighted by atomic mass is 32.2. The van der Waals surface area contributed by atoms with Crippen molar-refractivity contribution >= 4 is 15.8 Å². The summed E-state index contributed by atoms with van der Waals surface area (Å²) in [7, 11) is -3.83. The fourth-order valence-corrected chi connectivity index (χ4v) is 1.12. The first kappa shape index (κ1) is 8.95. The molecule has 0 aromatic carbocycles. The maximum atomic E-state index is 10.7. The topological polar surface area (TPSA) is 90.4 Å². The van der Waals surface area contributed by atoms with Crippen LogP contribution in [0.15, 0.2) is 21.8 Å². The van der Waals surface area contributed by atoms with E-state index in [9.17, 15) is 13.2 Å². The molecule has 0 unspecified atom stereocenters. The Kier molecular flexibility index (Phi) is 2.03. The molecule has 1 aromatic heterocycles. The van der Waals surface area contributed by atoms with Crippen LogP contribution in [0.1, 0.15) is 17.3 Å². The summed E-state index contributed by atoms with van der Waals surface area (Å²) in [6.45, 7) is 1.30. The van der Waals surface area contributed by atoms with Crippen LogP contribution in [0.4, 0.5) is 0 Å². The van der Waals surface area contributed by atoms with Gasteiger partial charge in [-0.05, 0) is 6.92 Å². The van der Waals surface area contributed by atoms with E-state index in [1.807, 2.05) is 0 Å². The molecule has 0 fully saturated rings. The zero-order valence-electron chi connectivity index (χ0n) is 6.27. The molecule has 0 amide bonds. The van der Waals surface area contributed by atoms with Crippen LogP contribution in [0.5, 0.6) is 0 Å².